The quantitative estimate of drug-likeness (QED) is 0.909. The monoisotopic (exact) mass is 295 g/mol. The minimum absolute atomic E-state index is 0.619. The van der Waals surface area contributed by atoms with Gasteiger partial charge in [0.15, 0.2) is 0 Å². The van der Waals surface area contributed by atoms with E-state index in [4.69, 9.17) is 0 Å². The van der Waals surface area contributed by atoms with Gasteiger partial charge in [-0.15, -0.1) is 0 Å². The van der Waals surface area contributed by atoms with Gasteiger partial charge >= 0.3 is 0 Å². The van der Waals surface area contributed by atoms with Crippen molar-refractivity contribution in [3.05, 3.63) is 22.9 Å². The van der Waals surface area contributed by atoms with Crippen LogP contribution in [-0.2, 0) is 0 Å². The molecule has 1 aromatic rings. The smallest absolute Gasteiger partial charge is 0.0590 e. The van der Waals surface area contributed by atoms with Gasteiger partial charge in [-0.25, -0.2) is 0 Å². The second-order valence-electron chi connectivity index (χ2n) is 5.05. The Hall–Kier alpha value is -0.610. The number of rotatable bonds is 2. The standard InChI is InChI=1S/C13H18BrN3/c14-12-9-15-5-3-13(12)16-10-4-7-17-6-1-2-11(17)8-10/h3,5,9-11H,1-2,4,6-8H2,(H,15,16). The zero-order chi connectivity index (χ0) is 11.7. The average molecular weight is 296 g/mol. The van der Waals surface area contributed by atoms with E-state index in [1.54, 1.807) is 0 Å². The van der Waals surface area contributed by atoms with Gasteiger partial charge in [0.1, 0.15) is 0 Å². The fraction of sp³-hybridized carbons (Fsp3) is 0.615. The lowest BCUT2D eigenvalue weighted by Crippen LogP contribution is -2.42. The molecular formula is C13H18BrN3. The van der Waals surface area contributed by atoms with E-state index in [9.17, 15) is 0 Å². The molecule has 0 spiro atoms. The Kier molecular flexibility index (Phi) is 3.34. The van der Waals surface area contributed by atoms with Gasteiger partial charge in [-0.1, -0.05) is 0 Å². The van der Waals surface area contributed by atoms with Crippen molar-refractivity contribution in [1.29, 1.82) is 0 Å². The van der Waals surface area contributed by atoms with Crippen LogP contribution in [0, 0.1) is 0 Å². The number of pyridine rings is 1. The van der Waals surface area contributed by atoms with Crippen molar-refractivity contribution in [2.45, 2.75) is 37.8 Å². The van der Waals surface area contributed by atoms with Crippen LogP contribution in [0.3, 0.4) is 0 Å². The first-order chi connectivity index (χ1) is 8.33. The number of fused-ring (bicyclic) bond motifs is 1. The first-order valence-electron chi connectivity index (χ1n) is 6.43. The topological polar surface area (TPSA) is 28.2 Å². The molecule has 3 heterocycles. The summed E-state index contributed by atoms with van der Waals surface area (Å²) in [5, 5.41) is 3.65. The summed E-state index contributed by atoms with van der Waals surface area (Å²) >= 11 is 3.54. The van der Waals surface area contributed by atoms with Gasteiger partial charge in [0, 0.05) is 31.0 Å². The normalized spacial score (nSPS) is 29.0. The van der Waals surface area contributed by atoms with Crippen LogP contribution in [-0.4, -0.2) is 35.1 Å². The fourth-order valence-electron chi connectivity index (χ4n) is 3.07. The third kappa shape index (κ3) is 2.47. The molecule has 17 heavy (non-hydrogen) atoms. The van der Waals surface area contributed by atoms with Gasteiger partial charge in [-0.05, 0) is 54.2 Å². The first-order valence-corrected chi connectivity index (χ1v) is 7.22. The van der Waals surface area contributed by atoms with Gasteiger partial charge in [-0.2, -0.15) is 0 Å². The van der Waals surface area contributed by atoms with Crippen molar-refractivity contribution in [2.24, 2.45) is 0 Å². The number of anilines is 1. The molecule has 2 aliphatic heterocycles. The third-order valence-electron chi connectivity index (χ3n) is 3.95. The van der Waals surface area contributed by atoms with Gasteiger partial charge in [0.2, 0.25) is 0 Å². The lowest BCUT2D eigenvalue weighted by molar-refractivity contribution is 0.188. The highest BCUT2D eigenvalue weighted by molar-refractivity contribution is 9.10. The first kappa shape index (κ1) is 11.5. The molecule has 2 saturated heterocycles. The van der Waals surface area contributed by atoms with E-state index < -0.39 is 0 Å². The minimum atomic E-state index is 0.619. The van der Waals surface area contributed by atoms with Crippen LogP contribution in [0.2, 0.25) is 0 Å². The van der Waals surface area contributed by atoms with Crippen molar-refractivity contribution in [3.63, 3.8) is 0 Å². The number of nitrogens with one attached hydrogen (secondary N) is 1. The predicted molar refractivity (Wildman–Crippen MR) is 73.2 cm³/mol. The summed E-state index contributed by atoms with van der Waals surface area (Å²) in [6.45, 7) is 2.57. The summed E-state index contributed by atoms with van der Waals surface area (Å²) in [6.07, 6.45) is 9.01. The molecule has 3 nitrogen and oxygen atoms in total. The number of halogens is 1. The number of hydrogen-bond donors (Lipinski definition) is 1. The molecule has 0 aliphatic carbocycles. The van der Waals surface area contributed by atoms with E-state index >= 15 is 0 Å². The molecule has 3 rings (SSSR count). The average Bonchev–Trinajstić information content (AvgIpc) is 2.79. The van der Waals surface area contributed by atoms with Gasteiger partial charge < -0.3 is 10.2 Å². The highest BCUT2D eigenvalue weighted by Gasteiger charge is 2.31. The molecule has 1 N–H and O–H groups in total. The number of nitrogens with zero attached hydrogens (tertiary/aromatic N) is 2. The number of piperidine rings is 1. The molecule has 92 valence electrons. The Labute approximate surface area is 111 Å². The van der Waals surface area contributed by atoms with E-state index in [0.717, 1.165) is 10.5 Å². The molecule has 0 amide bonds. The molecule has 0 bridgehead atoms. The van der Waals surface area contributed by atoms with Crippen LogP contribution in [0.5, 0.6) is 0 Å². The summed E-state index contributed by atoms with van der Waals surface area (Å²) < 4.78 is 1.06. The van der Waals surface area contributed by atoms with Crippen LogP contribution in [0.25, 0.3) is 0 Å². The van der Waals surface area contributed by atoms with E-state index in [-0.39, 0.29) is 0 Å². The molecule has 0 radical (unpaired) electrons. The van der Waals surface area contributed by atoms with Crippen LogP contribution in [0.15, 0.2) is 22.9 Å². The van der Waals surface area contributed by atoms with Crippen molar-refractivity contribution < 1.29 is 0 Å². The lowest BCUT2D eigenvalue weighted by atomic mass is 9.97. The summed E-state index contributed by atoms with van der Waals surface area (Å²) in [7, 11) is 0. The Morgan fingerprint density at radius 2 is 2.29 bits per heavy atom. The maximum absolute atomic E-state index is 4.10. The molecule has 4 heteroatoms. The lowest BCUT2D eigenvalue weighted by Gasteiger charge is -2.35. The van der Waals surface area contributed by atoms with E-state index in [2.05, 4.69) is 31.1 Å². The Balaban J connectivity index is 1.64. The molecule has 2 unspecified atom stereocenters. The highest BCUT2D eigenvalue weighted by Crippen LogP contribution is 2.30. The molecule has 0 aromatic carbocycles. The fourth-order valence-corrected chi connectivity index (χ4v) is 3.43. The summed E-state index contributed by atoms with van der Waals surface area (Å²) in [4.78, 5) is 6.75. The maximum atomic E-state index is 4.10. The predicted octanol–water partition coefficient (Wildman–Crippen LogP) is 2.88. The van der Waals surface area contributed by atoms with E-state index in [1.807, 2.05) is 18.5 Å². The van der Waals surface area contributed by atoms with Crippen LogP contribution in [0.4, 0.5) is 5.69 Å². The van der Waals surface area contributed by atoms with Crippen molar-refractivity contribution in [3.8, 4) is 0 Å². The van der Waals surface area contributed by atoms with Crippen molar-refractivity contribution in [2.75, 3.05) is 18.4 Å². The van der Waals surface area contributed by atoms with Gasteiger partial charge in [0.25, 0.3) is 0 Å². The summed E-state index contributed by atoms with van der Waals surface area (Å²) in [5.74, 6) is 0. The summed E-state index contributed by atoms with van der Waals surface area (Å²) in [6, 6.07) is 3.49. The second-order valence-corrected chi connectivity index (χ2v) is 5.91. The van der Waals surface area contributed by atoms with Crippen LogP contribution >= 0.6 is 15.9 Å². The van der Waals surface area contributed by atoms with Gasteiger partial charge in [0.05, 0.1) is 10.2 Å². The largest absolute Gasteiger partial charge is 0.381 e. The molecular weight excluding hydrogens is 278 g/mol. The molecule has 2 fully saturated rings. The molecule has 2 atom stereocenters. The van der Waals surface area contributed by atoms with Crippen LogP contribution in [0.1, 0.15) is 25.7 Å². The van der Waals surface area contributed by atoms with Gasteiger partial charge in [-0.3, -0.25) is 4.98 Å². The van der Waals surface area contributed by atoms with E-state index in [1.165, 1.54) is 44.5 Å². The van der Waals surface area contributed by atoms with Crippen LogP contribution < -0.4 is 5.32 Å². The SMILES string of the molecule is Brc1cnccc1NC1CCN2CCCC2C1. The third-order valence-corrected chi connectivity index (χ3v) is 4.58. The summed E-state index contributed by atoms with van der Waals surface area (Å²) in [5.41, 5.74) is 1.18. The molecule has 0 saturated carbocycles. The maximum Gasteiger partial charge on any atom is 0.0590 e. The second kappa shape index (κ2) is 4.94. The highest BCUT2D eigenvalue weighted by atomic mass is 79.9. The zero-order valence-electron chi connectivity index (χ0n) is 9.90. The zero-order valence-corrected chi connectivity index (χ0v) is 11.5. The number of aromatic nitrogens is 1. The Morgan fingerprint density at radius 1 is 1.35 bits per heavy atom. The minimum Gasteiger partial charge on any atom is -0.381 e. The van der Waals surface area contributed by atoms with Crippen molar-refractivity contribution >= 4 is 21.6 Å². The molecule has 2 aliphatic rings. The van der Waals surface area contributed by atoms with E-state index in [0.29, 0.717) is 6.04 Å². The Morgan fingerprint density at radius 3 is 3.18 bits per heavy atom. The van der Waals surface area contributed by atoms with Crippen molar-refractivity contribution in [1.82, 2.24) is 9.88 Å². The Bertz CT molecular complexity index is 396. The molecule has 1 aromatic heterocycles. The number of hydrogen-bond acceptors (Lipinski definition) is 3.